The molecule has 1 aliphatic heterocycles. The van der Waals surface area contributed by atoms with Gasteiger partial charge in [0.1, 0.15) is 17.3 Å². The summed E-state index contributed by atoms with van der Waals surface area (Å²) in [5.74, 6) is 1.24. The predicted octanol–water partition coefficient (Wildman–Crippen LogP) is 4.96. The highest BCUT2D eigenvalue weighted by Gasteiger charge is 2.32. The van der Waals surface area contributed by atoms with Crippen LogP contribution in [0.25, 0.3) is 0 Å². The molecule has 1 N–H and O–H groups in total. The lowest BCUT2D eigenvalue weighted by Crippen LogP contribution is -2.41. The molecule has 0 bridgehead atoms. The fourth-order valence-corrected chi connectivity index (χ4v) is 3.82. The number of hydrogen-bond acceptors (Lipinski definition) is 4. The van der Waals surface area contributed by atoms with E-state index in [1.165, 1.54) is 0 Å². The highest BCUT2D eigenvalue weighted by atomic mass is 16.5. The third-order valence-electron chi connectivity index (χ3n) is 5.13. The smallest absolute Gasteiger partial charge is 0.307 e. The lowest BCUT2D eigenvalue weighted by molar-refractivity contribution is -0.143. The van der Waals surface area contributed by atoms with E-state index in [2.05, 4.69) is 4.90 Å². The van der Waals surface area contributed by atoms with Gasteiger partial charge in [0.2, 0.25) is 0 Å². The van der Waals surface area contributed by atoms with E-state index in [-0.39, 0.29) is 12.0 Å². The van der Waals surface area contributed by atoms with Crippen molar-refractivity contribution in [3.05, 3.63) is 84.3 Å². The van der Waals surface area contributed by atoms with Crippen molar-refractivity contribution in [1.82, 2.24) is 4.90 Å². The number of hydrogen-bond donors (Lipinski definition) is 1. The number of piperidine rings is 1. The van der Waals surface area contributed by atoms with Gasteiger partial charge in [0.15, 0.2) is 0 Å². The molecule has 1 fully saturated rings. The van der Waals surface area contributed by atoms with Crippen molar-refractivity contribution < 1.29 is 19.1 Å². The Kier molecular flexibility index (Phi) is 5.44. The molecule has 4 rings (SSSR count). The molecule has 2 unspecified atom stereocenters. The number of nitrogens with zero attached hydrogens (tertiary/aromatic N) is 1. The van der Waals surface area contributed by atoms with Gasteiger partial charge in [-0.15, -0.1) is 0 Å². The maximum absolute atomic E-state index is 11.5. The van der Waals surface area contributed by atoms with Crippen LogP contribution in [0.15, 0.2) is 77.4 Å². The van der Waals surface area contributed by atoms with E-state index in [0.717, 1.165) is 35.8 Å². The van der Waals surface area contributed by atoms with Crippen molar-refractivity contribution in [2.75, 3.05) is 13.1 Å². The number of likely N-dealkylation sites (tertiary alicyclic amines) is 1. The number of rotatable bonds is 6. The number of carbonyl (C=O) groups is 1. The normalized spacial score (nSPS) is 18.5. The molecule has 2 aromatic carbocycles. The molecule has 0 spiro atoms. The highest BCUT2D eigenvalue weighted by Crippen LogP contribution is 2.35. The first-order chi connectivity index (χ1) is 13.7. The van der Waals surface area contributed by atoms with Crippen LogP contribution in [0.5, 0.6) is 11.5 Å². The van der Waals surface area contributed by atoms with E-state index in [0.29, 0.717) is 13.0 Å². The van der Waals surface area contributed by atoms with Gasteiger partial charge in [0.25, 0.3) is 0 Å². The standard InChI is InChI=1S/C23H23NO4/c25-23(26)18-8-5-13-24(16-18)22(21-12-6-14-27-21)17-7-4-11-20(15-17)28-19-9-2-1-3-10-19/h1-4,6-7,9-12,14-15,18,22H,5,8,13,16H2,(H,25,26). The Morgan fingerprint density at radius 1 is 1.07 bits per heavy atom. The van der Waals surface area contributed by atoms with Crippen LogP contribution in [-0.4, -0.2) is 29.1 Å². The second-order valence-corrected chi connectivity index (χ2v) is 7.08. The van der Waals surface area contributed by atoms with Gasteiger partial charge in [-0.05, 0) is 61.3 Å². The van der Waals surface area contributed by atoms with Crippen molar-refractivity contribution in [2.24, 2.45) is 5.92 Å². The Morgan fingerprint density at radius 2 is 1.89 bits per heavy atom. The topological polar surface area (TPSA) is 62.9 Å². The molecule has 144 valence electrons. The fraction of sp³-hybridized carbons (Fsp3) is 0.261. The molecule has 1 aromatic heterocycles. The molecule has 5 heteroatoms. The summed E-state index contributed by atoms with van der Waals surface area (Å²) in [7, 11) is 0. The van der Waals surface area contributed by atoms with Crippen LogP contribution in [0, 0.1) is 5.92 Å². The molecule has 0 amide bonds. The van der Waals surface area contributed by atoms with Crippen LogP contribution in [0.2, 0.25) is 0 Å². The number of benzene rings is 2. The molecule has 28 heavy (non-hydrogen) atoms. The van der Waals surface area contributed by atoms with E-state index in [4.69, 9.17) is 9.15 Å². The summed E-state index contributed by atoms with van der Waals surface area (Å²) in [6.07, 6.45) is 3.23. The molecular weight excluding hydrogens is 354 g/mol. The molecule has 3 aromatic rings. The second kappa shape index (κ2) is 8.31. The largest absolute Gasteiger partial charge is 0.481 e. The van der Waals surface area contributed by atoms with E-state index in [1.807, 2.05) is 66.7 Å². The third kappa shape index (κ3) is 4.10. The molecule has 5 nitrogen and oxygen atoms in total. The Bertz CT molecular complexity index is 907. The summed E-state index contributed by atoms with van der Waals surface area (Å²) in [5, 5.41) is 9.48. The summed E-state index contributed by atoms with van der Waals surface area (Å²) in [5.41, 5.74) is 1.02. The van der Waals surface area contributed by atoms with Crippen LogP contribution in [0.1, 0.15) is 30.2 Å². The summed E-state index contributed by atoms with van der Waals surface area (Å²) < 4.78 is 11.7. The maximum Gasteiger partial charge on any atom is 0.307 e. The second-order valence-electron chi connectivity index (χ2n) is 7.08. The van der Waals surface area contributed by atoms with E-state index in [1.54, 1.807) is 6.26 Å². The van der Waals surface area contributed by atoms with E-state index < -0.39 is 5.97 Å². The van der Waals surface area contributed by atoms with E-state index >= 15 is 0 Å². The van der Waals surface area contributed by atoms with Crippen LogP contribution < -0.4 is 4.74 Å². The van der Waals surface area contributed by atoms with Crippen LogP contribution in [-0.2, 0) is 4.79 Å². The minimum absolute atomic E-state index is 0.142. The molecular formula is C23H23NO4. The number of carboxylic acid groups (broad SMARTS) is 1. The number of aliphatic carboxylic acids is 1. The summed E-state index contributed by atoms with van der Waals surface area (Å²) >= 11 is 0. The molecule has 0 aliphatic carbocycles. The first-order valence-corrected chi connectivity index (χ1v) is 9.54. The Labute approximate surface area is 164 Å². The maximum atomic E-state index is 11.5. The summed E-state index contributed by atoms with van der Waals surface area (Å²) in [6.45, 7) is 1.34. The lowest BCUT2D eigenvalue weighted by atomic mass is 9.94. The number of ether oxygens (including phenoxy) is 1. The molecule has 1 saturated heterocycles. The van der Waals surface area contributed by atoms with Gasteiger partial charge in [-0.25, -0.2) is 0 Å². The Hall–Kier alpha value is -3.05. The highest BCUT2D eigenvalue weighted by molar-refractivity contribution is 5.70. The van der Waals surface area contributed by atoms with Gasteiger partial charge in [0.05, 0.1) is 18.2 Å². The first-order valence-electron chi connectivity index (χ1n) is 9.54. The SMILES string of the molecule is O=C(O)C1CCCN(C(c2cccc(Oc3ccccc3)c2)c2ccco2)C1. The number of carboxylic acids is 1. The average Bonchev–Trinajstić information content (AvgIpc) is 3.24. The van der Waals surface area contributed by atoms with E-state index in [9.17, 15) is 9.90 Å². The fourth-order valence-electron chi connectivity index (χ4n) is 3.82. The molecule has 1 aliphatic rings. The monoisotopic (exact) mass is 377 g/mol. The predicted molar refractivity (Wildman–Crippen MR) is 105 cm³/mol. The lowest BCUT2D eigenvalue weighted by Gasteiger charge is -2.36. The van der Waals surface area contributed by atoms with Crippen LogP contribution in [0.3, 0.4) is 0 Å². The molecule has 2 heterocycles. The average molecular weight is 377 g/mol. The number of para-hydroxylation sites is 1. The first kappa shape index (κ1) is 18.3. The minimum Gasteiger partial charge on any atom is -0.481 e. The Morgan fingerprint density at radius 3 is 2.64 bits per heavy atom. The van der Waals surface area contributed by atoms with Crippen molar-refractivity contribution in [3.8, 4) is 11.5 Å². The zero-order valence-electron chi connectivity index (χ0n) is 15.5. The summed E-state index contributed by atoms with van der Waals surface area (Å²) in [4.78, 5) is 13.7. The Balaban J connectivity index is 1.64. The van der Waals surface area contributed by atoms with Gasteiger partial charge in [0, 0.05) is 6.54 Å². The van der Waals surface area contributed by atoms with Gasteiger partial charge in [-0.2, -0.15) is 0 Å². The molecule has 0 saturated carbocycles. The van der Waals surface area contributed by atoms with Gasteiger partial charge in [-0.3, -0.25) is 9.69 Å². The van der Waals surface area contributed by atoms with Gasteiger partial charge >= 0.3 is 5.97 Å². The third-order valence-corrected chi connectivity index (χ3v) is 5.13. The van der Waals surface area contributed by atoms with Crippen molar-refractivity contribution in [1.29, 1.82) is 0 Å². The quantitative estimate of drug-likeness (QED) is 0.658. The molecule has 2 atom stereocenters. The zero-order chi connectivity index (χ0) is 19.3. The van der Waals surface area contributed by atoms with Crippen molar-refractivity contribution in [3.63, 3.8) is 0 Å². The molecule has 0 radical (unpaired) electrons. The zero-order valence-corrected chi connectivity index (χ0v) is 15.5. The van der Waals surface area contributed by atoms with Gasteiger partial charge < -0.3 is 14.3 Å². The van der Waals surface area contributed by atoms with Crippen molar-refractivity contribution in [2.45, 2.75) is 18.9 Å². The van der Waals surface area contributed by atoms with Crippen molar-refractivity contribution >= 4 is 5.97 Å². The minimum atomic E-state index is -0.732. The summed E-state index contributed by atoms with van der Waals surface area (Å²) in [6, 6.07) is 21.2. The van der Waals surface area contributed by atoms with Crippen LogP contribution in [0.4, 0.5) is 0 Å². The van der Waals surface area contributed by atoms with Gasteiger partial charge in [-0.1, -0.05) is 30.3 Å². The van der Waals surface area contributed by atoms with Crippen LogP contribution >= 0.6 is 0 Å². The number of furan rings is 1.